The Morgan fingerprint density at radius 2 is 1.13 bits per heavy atom. The van der Waals surface area contributed by atoms with Crippen LogP contribution in [0.3, 0.4) is 0 Å². The third-order valence-corrected chi connectivity index (χ3v) is 16.9. The van der Waals surface area contributed by atoms with Crippen LogP contribution in [0.15, 0.2) is 238 Å². The highest BCUT2D eigenvalue weighted by atomic mass is 15.4. The smallest absolute Gasteiger partial charge is 0.124 e. The van der Waals surface area contributed by atoms with Gasteiger partial charge < -0.3 is 23.9 Å². The van der Waals surface area contributed by atoms with Crippen LogP contribution in [0.1, 0.15) is 64.0 Å². The molecule has 0 spiro atoms. The quantitative estimate of drug-likeness (QED) is 0.0577. The average molecular weight is 1120 g/mol. The number of aromatic nitrogens is 8. The number of nitrogens with zero attached hydrogens (tertiary/aromatic N) is 10. The van der Waals surface area contributed by atoms with Crippen molar-refractivity contribution < 1.29 is 0 Å². The van der Waals surface area contributed by atoms with E-state index in [-0.39, 0.29) is 6.17 Å². The molecule has 0 saturated carbocycles. The Morgan fingerprint density at radius 1 is 0.541 bits per heavy atom. The van der Waals surface area contributed by atoms with Crippen LogP contribution in [-0.2, 0) is 58.9 Å². The summed E-state index contributed by atoms with van der Waals surface area (Å²) >= 11 is 0. The molecular formula is C73H72N12. The van der Waals surface area contributed by atoms with Crippen molar-refractivity contribution in [1.29, 1.82) is 0 Å². The first kappa shape index (κ1) is 54.6. The number of rotatable bonds is 24. The fourth-order valence-electron chi connectivity index (χ4n) is 12.4. The molecular weight excluding hydrogens is 1040 g/mol. The topological polar surface area (TPSA) is 104 Å². The summed E-state index contributed by atoms with van der Waals surface area (Å²) < 4.78 is 7.22. The molecule has 0 fully saturated rings. The molecule has 0 saturated heterocycles. The zero-order chi connectivity index (χ0) is 57.6. The van der Waals surface area contributed by atoms with E-state index in [1.54, 1.807) is 0 Å². The van der Waals surface area contributed by atoms with Crippen molar-refractivity contribution in [1.82, 2.24) is 48.7 Å². The van der Waals surface area contributed by atoms with Crippen molar-refractivity contribution in [2.75, 3.05) is 16.8 Å². The number of benzene rings is 6. The standard InChI is InChI=1S/C73H72N12/c1-5-52-25-33-56(34-26-52)42-82-66-21-13-9-17-62(66)74-70(82)48-80(49-71-75-63-18-10-14-22-67(63)83(71)43-57-35-27-53(6-2)28-36-57)46-60-41-61(79-78-60)47-81(50-72-76-64-19-11-15-23-68(64)84(72)44-58-37-29-54(7-3)30-38-58)51-73-77-65-20-12-16-24-69(65)85(73)45-59-39-31-55(8-4)32-40-59/h5-31,33-35,37-41,55,57,72,76H,1-4,32,36,42-51H2,(H,78,79). The molecule has 2 aliphatic carbocycles. The zero-order valence-corrected chi connectivity index (χ0v) is 48.2. The molecule has 424 valence electrons. The van der Waals surface area contributed by atoms with Gasteiger partial charge >= 0.3 is 0 Å². The maximum atomic E-state index is 5.40. The molecule has 1 aliphatic heterocycles. The number of hydrogen-bond acceptors (Lipinski definition) is 8. The Morgan fingerprint density at radius 3 is 1.73 bits per heavy atom. The van der Waals surface area contributed by atoms with Crippen LogP contribution in [0.2, 0.25) is 0 Å². The second-order valence-corrected chi connectivity index (χ2v) is 22.8. The summed E-state index contributed by atoms with van der Waals surface area (Å²) in [5.41, 5.74) is 17.6. The summed E-state index contributed by atoms with van der Waals surface area (Å²) in [5.74, 6) is 3.66. The molecule has 2 N–H and O–H groups in total. The molecule has 6 aromatic carbocycles. The van der Waals surface area contributed by atoms with Gasteiger partial charge in [-0.15, -0.1) is 6.58 Å². The Balaban J connectivity index is 0.847. The molecule has 3 aliphatic rings. The summed E-state index contributed by atoms with van der Waals surface area (Å²) in [6.07, 6.45) is 23.3. The van der Waals surface area contributed by atoms with E-state index in [9.17, 15) is 0 Å². The molecule has 0 amide bonds. The molecule has 0 radical (unpaired) electrons. The van der Waals surface area contributed by atoms with Crippen molar-refractivity contribution in [2.24, 2.45) is 11.8 Å². The number of allylic oxidation sites excluding steroid dienone is 10. The first-order valence-corrected chi connectivity index (χ1v) is 29.7. The zero-order valence-electron chi connectivity index (χ0n) is 48.2. The number of hydrogen-bond donors (Lipinski definition) is 2. The number of para-hydroxylation sites is 8. The summed E-state index contributed by atoms with van der Waals surface area (Å²) in [6, 6.07) is 53.9. The van der Waals surface area contributed by atoms with Crippen LogP contribution < -0.4 is 10.2 Å². The van der Waals surface area contributed by atoms with Crippen molar-refractivity contribution in [3.05, 3.63) is 289 Å². The lowest BCUT2D eigenvalue weighted by molar-refractivity contribution is 0.226. The van der Waals surface area contributed by atoms with E-state index in [0.717, 1.165) is 111 Å². The number of nitrogens with one attached hydrogen (secondary N) is 2. The van der Waals surface area contributed by atoms with Gasteiger partial charge in [0.1, 0.15) is 23.6 Å². The van der Waals surface area contributed by atoms with Gasteiger partial charge in [-0.2, -0.15) is 5.10 Å². The highest BCUT2D eigenvalue weighted by molar-refractivity contribution is 5.78. The molecule has 13 rings (SSSR count). The van der Waals surface area contributed by atoms with Crippen LogP contribution in [0, 0.1) is 11.8 Å². The third-order valence-electron chi connectivity index (χ3n) is 16.9. The van der Waals surface area contributed by atoms with Gasteiger partial charge in [0.15, 0.2) is 0 Å². The highest BCUT2D eigenvalue weighted by Gasteiger charge is 2.32. The van der Waals surface area contributed by atoms with Gasteiger partial charge in [0, 0.05) is 51.5 Å². The number of aromatic amines is 1. The summed E-state index contributed by atoms with van der Waals surface area (Å²) in [7, 11) is 0. The average Bonchev–Trinajstić information content (AvgIpc) is 4.21. The minimum Gasteiger partial charge on any atom is -0.362 e. The van der Waals surface area contributed by atoms with Gasteiger partial charge in [0.05, 0.1) is 69.8 Å². The number of anilines is 2. The predicted molar refractivity (Wildman–Crippen MR) is 348 cm³/mol. The van der Waals surface area contributed by atoms with Crippen LogP contribution in [0.5, 0.6) is 0 Å². The van der Waals surface area contributed by atoms with E-state index in [1.807, 2.05) is 24.3 Å². The van der Waals surface area contributed by atoms with Crippen LogP contribution in [0.4, 0.5) is 11.4 Å². The second-order valence-electron chi connectivity index (χ2n) is 22.8. The normalized spacial score (nSPS) is 16.5. The molecule has 10 aromatic rings. The van der Waals surface area contributed by atoms with Gasteiger partial charge in [-0.3, -0.25) is 14.9 Å². The van der Waals surface area contributed by atoms with Gasteiger partial charge in [-0.1, -0.05) is 178 Å². The molecule has 4 aromatic heterocycles. The highest BCUT2D eigenvalue weighted by Crippen LogP contribution is 2.37. The largest absolute Gasteiger partial charge is 0.362 e. The molecule has 12 heteroatoms. The first-order valence-electron chi connectivity index (χ1n) is 29.7. The first-order chi connectivity index (χ1) is 41.8. The SMILES string of the molecule is C=CC1=CCC(Cn2c(CN(Cc3cc(CN(Cc4nc5ccccc5n4CC4=CCC(C=C)C=C4)CC4Nc5ccccc5N4Cc4ccc(C=C)cc4)n[nH]3)Cc3nc4ccccc4n3Cc3ccc(C=C)cc3)nc3ccccc32)C=C1. The van der Waals surface area contributed by atoms with E-state index < -0.39 is 0 Å². The second kappa shape index (κ2) is 24.7. The van der Waals surface area contributed by atoms with Gasteiger partial charge in [-0.05, 0) is 113 Å². The van der Waals surface area contributed by atoms with Crippen LogP contribution >= 0.6 is 0 Å². The minimum absolute atomic E-state index is 0.0503. The van der Waals surface area contributed by atoms with Crippen LogP contribution in [-0.4, -0.2) is 61.4 Å². The van der Waals surface area contributed by atoms with Gasteiger partial charge in [0.2, 0.25) is 0 Å². The van der Waals surface area contributed by atoms with E-state index in [4.69, 9.17) is 20.1 Å². The number of imidazole rings is 3. The summed E-state index contributed by atoms with van der Waals surface area (Å²) in [5, 5.41) is 12.7. The van der Waals surface area contributed by atoms with Crippen molar-refractivity contribution >= 4 is 56.6 Å². The summed E-state index contributed by atoms with van der Waals surface area (Å²) in [4.78, 5) is 23.7. The van der Waals surface area contributed by atoms with Crippen molar-refractivity contribution in [3.8, 4) is 0 Å². The lowest BCUT2D eigenvalue weighted by Gasteiger charge is -2.32. The van der Waals surface area contributed by atoms with Crippen molar-refractivity contribution in [2.45, 2.75) is 77.9 Å². The molecule has 0 bridgehead atoms. The predicted octanol–water partition coefficient (Wildman–Crippen LogP) is 14.8. The minimum atomic E-state index is -0.0503. The molecule has 12 nitrogen and oxygen atoms in total. The number of H-pyrrole nitrogens is 1. The fraction of sp³-hybridized carbons (Fsp3) is 0.205. The van der Waals surface area contributed by atoms with E-state index >= 15 is 0 Å². The molecule has 85 heavy (non-hydrogen) atoms. The molecule has 3 atom stereocenters. The third kappa shape index (κ3) is 12.1. The lowest BCUT2D eigenvalue weighted by Crippen LogP contribution is -2.45. The maximum Gasteiger partial charge on any atom is 0.124 e. The fourth-order valence-corrected chi connectivity index (χ4v) is 12.4. The van der Waals surface area contributed by atoms with Crippen molar-refractivity contribution in [3.63, 3.8) is 0 Å². The molecule has 5 heterocycles. The van der Waals surface area contributed by atoms with E-state index in [0.29, 0.717) is 57.6 Å². The van der Waals surface area contributed by atoms with Gasteiger partial charge in [-0.25, -0.2) is 15.0 Å². The molecule has 3 unspecified atom stereocenters. The monoisotopic (exact) mass is 1120 g/mol. The Labute approximate surface area is 498 Å². The Bertz CT molecular complexity index is 4200. The maximum absolute atomic E-state index is 5.40. The lowest BCUT2D eigenvalue weighted by atomic mass is 9.96. The van der Waals surface area contributed by atoms with Crippen LogP contribution in [0.25, 0.3) is 45.3 Å². The number of fused-ring (bicyclic) bond motifs is 4. The van der Waals surface area contributed by atoms with Gasteiger partial charge in [0.25, 0.3) is 0 Å². The summed E-state index contributed by atoms with van der Waals surface area (Å²) in [6.45, 7) is 22.6. The Kier molecular flexibility index (Phi) is 15.9. The van der Waals surface area contributed by atoms with E-state index in [1.165, 1.54) is 28.0 Å². The van der Waals surface area contributed by atoms with E-state index in [2.05, 4.69) is 253 Å². The Hall–Kier alpha value is -9.62.